The molecule has 1 aromatic heterocycles. The van der Waals surface area contributed by atoms with Crippen LogP contribution < -0.4 is 0 Å². The second-order valence-electron chi connectivity index (χ2n) is 6.11. The van der Waals surface area contributed by atoms with Gasteiger partial charge in [-0.05, 0) is 80.8 Å². The fraction of sp³-hybridized carbons (Fsp3) is 0.500. The third-order valence-electron chi connectivity index (χ3n) is 4.73. The molecule has 0 saturated carbocycles. The van der Waals surface area contributed by atoms with Gasteiger partial charge in [-0.3, -0.25) is 4.98 Å². The quantitative estimate of drug-likeness (QED) is 0.681. The zero-order valence-electron chi connectivity index (χ0n) is 13.5. The van der Waals surface area contributed by atoms with Crippen molar-refractivity contribution < 1.29 is 0 Å². The van der Waals surface area contributed by atoms with Crippen molar-refractivity contribution in [1.82, 2.24) is 4.98 Å². The van der Waals surface area contributed by atoms with Crippen molar-refractivity contribution in [2.45, 2.75) is 61.3 Å². The maximum atomic E-state index is 4.88. The Labute approximate surface area is 117 Å². The SMILES string of the molecule is Cc1nc2c(C)c(C)c(C)c(C)c2c(C(C)C)c1C. The average molecular weight is 255 g/mol. The number of rotatable bonds is 1. The average Bonchev–Trinajstić information content (AvgIpc) is 2.35. The lowest BCUT2D eigenvalue weighted by atomic mass is 9.86. The first kappa shape index (κ1) is 14.0. The van der Waals surface area contributed by atoms with Gasteiger partial charge in [-0.1, -0.05) is 13.8 Å². The monoisotopic (exact) mass is 255 g/mol. The van der Waals surface area contributed by atoms with Crippen LogP contribution in [0.15, 0.2) is 0 Å². The van der Waals surface area contributed by atoms with Crippen molar-refractivity contribution in [3.05, 3.63) is 39.1 Å². The van der Waals surface area contributed by atoms with E-state index in [4.69, 9.17) is 4.98 Å². The lowest BCUT2D eigenvalue weighted by molar-refractivity contribution is 0.857. The topological polar surface area (TPSA) is 12.9 Å². The zero-order valence-corrected chi connectivity index (χ0v) is 13.5. The summed E-state index contributed by atoms with van der Waals surface area (Å²) in [5.41, 5.74) is 10.7. The van der Waals surface area contributed by atoms with E-state index in [0.29, 0.717) is 5.92 Å². The van der Waals surface area contributed by atoms with Crippen molar-refractivity contribution in [3.63, 3.8) is 0 Å². The minimum Gasteiger partial charge on any atom is -0.253 e. The number of aryl methyl sites for hydroxylation is 3. The molecule has 19 heavy (non-hydrogen) atoms. The fourth-order valence-corrected chi connectivity index (χ4v) is 3.12. The Balaban J connectivity index is 3.13. The van der Waals surface area contributed by atoms with Gasteiger partial charge in [-0.25, -0.2) is 0 Å². The Morgan fingerprint density at radius 3 is 1.74 bits per heavy atom. The largest absolute Gasteiger partial charge is 0.253 e. The van der Waals surface area contributed by atoms with E-state index in [1.54, 1.807) is 0 Å². The first-order valence-corrected chi connectivity index (χ1v) is 7.14. The van der Waals surface area contributed by atoms with Crippen LogP contribution in [0.4, 0.5) is 0 Å². The molecule has 2 aromatic rings. The predicted octanol–water partition coefficient (Wildman–Crippen LogP) is 5.21. The van der Waals surface area contributed by atoms with Gasteiger partial charge in [0.2, 0.25) is 0 Å². The Morgan fingerprint density at radius 1 is 0.684 bits per heavy atom. The van der Waals surface area contributed by atoms with Gasteiger partial charge in [0.1, 0.15) is 0 Å². The summed E-state index contributed by atoms with van der Waals surface area (Å²) in [6.07, 6.45) is 0. The normalized spacial score (nSPS) is 11.6. The lowest BCUT2D eigenvalue weighted by Gasteiger charge is -2.21. The molecule has 0 radical (unpaired) electrons. The summed E-state index contributed by atoms with van der Waals surface area (Å²) in [6.45, 7) is 17.8. The molecule has 0 unspecified atom stereocenters. The van der Waals surface area contributed by atoms with Gasteiger partial charge in [0.25, 0.3) is 0 Å². The van der Waals surface area contributed by atoms with Crippen molar-refractivity contribution in [2.24, 2.45) is 0 Å². The van der Waals surface area contributed by atoms with Crippen molar-refractivity contribution in [3.8, 4) is 0 Å². The molecule has 0 aliphatic rings. The van der Waals surface area contributed by atoms with Crippen molar-refractivity contribution >= 4 is 10.9 Å². The molecular weight excluding hydrogens is 230 g/mol. The number of fused-ring (bicyclic) bond motifs is 1. The van der Waals surface area contributed by atoms with E-state index in [-0.39, 0.29) is 0 Å². The minimum absolute atomic E-state index is 0.532. The van der Waals surface area contributed by atoms with Gasteiger partial charge in [0.15, 0.2) is 0 Å². The molecular formula is C18H25N. The van der Waals surface area contributed by atoms with Crippen LogP contribution in [0.25, 0.3) is 10.9 Å². The standard InChI is InChI=1S/C18H25N/c1-9(2)16-14(7)15(8)19-18-13(6)11(4)10(3)12(5)17(16)18/h9H,1-8H3. The molecule has 1 nitrogen and oxygen atoms in total. The smallest absolute Gasteiger partial charge is 0.0742 e. The predicted molar refractivity (Wildman–Crippen MR) is 84.3 cm³/mol. The zero-order chi connectivity index (χ0) is 14.5. The Hall–Kier alpha value is -1.37. The molecule has 0 atom stereocenters. The Kier molecular flexibility index (Phi) is 3.42. The Bertz CT molecular complexity index is 664. The Morgan fingerprint density at radius 2 is 1.21 bits per heavy atom. The number of pyridine rings is 1. The number of benzene rings is 1. The first-order valence-electron chi connectivity index (χ1n) is 7.14. The maximum absolute atomic E-state index is 4.88. The highest BCUT2D eigenvalue weighted by atomic mass is 14.7. The molecule has 0 amide bonds. The molecule has 1 heteroatoms. The molecule has 0 spiro atoms. The molecule has 2 rings (SSSR count). The molecule has 0 saturated heterocycles. The third-order valence-corrected chi connectivity index (χ3v) is 4.73. The third kappa shape index (κ3) is 1.96. The molecule has 0 aliphatic carbocycles. The van der Waals surface area contributed by atoms with Crippen LogP contribution in [0, 0.1) is 41.5 Å². The van der Waals surface area contributed by atoms with Gasteiger partial charge >= 0.3 is 0 Å². The van der Waals surface area contributed by atoms with Gasteiger partial charge < -0.3 is 0 Å². The van der Waals surface area contributed by atoms with E-state index >= 15 is 0 Å². The lowest BCUT2D eigenvalue weighted by Crippen LogP contribution is -2.05. The summed E-state index contributed by atoms with van der Waals surface area (Å²) in [5, 5.41) is 1.39. The molecule has 0 N–H and O–H groups in total. The highest BCUT2D eigenvalue weighted by Gasteiger charge is 2.18. The maximum Gasteiger partial charge on any atom is 0.0742 e. The van der Waals surface area contributed by atoms with Crippen molar-refractivity contribution in [2.75, 3.05) is 0 Å². The fourth-order valence-electron chi connectivity index (χ4n) is 3.12. The summed E-state index contributed by atoms with van der Waals surface area (Å²) in [7, 11) is 0. The van der Waals surface area contributed by atoms with E-state index in [1.807, 2.05) is 0 Å². The van der Waals surface area contributed by atoms with Gasteiger partial charge in [0.05, 0.1) is 5.52 Å². The molecule has 1 heterocycles. The summed E-state index contributed by atoms with van der Waals surface area (Å²) >= 11 is 0. The summed E-state index contributed by atoms with van der Waals surface area (Å²) in [5.74, 6) is 0.532. The molecule has 0 bridgehead atoms. The molecule has 0 fully saturated rings. The highest BCUT2D eigenvalue weighted by molar-refractivity contribution is 5.91. The number of hydrogen-bond acceptors (Lipinski definition) is 1. The van der Waals surface area contributed by atoms with Crippen LogP contribution in [0.3, 0.4) is 0 Å². The van der Waals surface area contributed by atoms with Crippen LogP contribution in [-0.4, -0.2) is 4.98 Å². The van der Waals surface area contributed by atoms with E-state index in [1.165, 1.54) is 50.0 Å². The highest BCUT2D eigenvalue weighted by Crippen LogP contribution is 2.35. The van der Waals surface area contributed by atoms with Crippen LogP contribution in [-0.2, 0) is 0 Å². The van der Waals surface area contributed by atoms with Crippen LogP contribution >= 0.6 is 0 Å². The van der Waals surface area contributed by atoms with E-state index < -0.39 is 0 Å². The number of hydrogen-bond donors (Lipinski definition) is 0. The van der Waals surface area contributed by atoms with Gasteiger partial charge in [-0.2, -0.15) is 0 Å². The molecule has 1 aromatic carbocycles. The molecule has 102 valence electrons. The number of nitrogens with zero attached hydrogens (tertiary/aromatic N) is 1. The van der Waals surface area contributed by atoms with E-state index in [9.17, 15) is 0 Å². The first-order chi connectivity index (χ1) is 8.77. The molecule has 0 aliphatic heterocycles. The van der Waals surface area contributed by atoms with Gasteiger partial charge in [0, 0.05) is 11.1 Å². The summed E-state index contributed by atoms with van der Waals surface area (Å²) in [4.78, 5) is 4.88. The summed E-state index contributed by atoms with van der Waals surface area (Å²) < 4.78 is 0. The second-order valence-corrected chi connectivity index (χ2v) is 6.11. The van der Waals surface area contributed by atoms with E-state index in [2.05, 4.69) is 55.4 Å². The van der Waals surface area contributed by atoms with Crippen molar-refractivity contribution in [1.29, 1.82) is 0 Å². The number of aromatic nitrogens is 1. The van der Waals surface area contributed by atoms with Crippen LogP contribution in [0.2, 0.25) is 0 Å². The van der Waals surface area contributed by atoms with Crippen LogP contribution in [0.5, 0.6) is 0 Å². The second kappa shape index (κ2) is 4.63. The van der Waals surface area contributed by atoms with Gasteiger partial charge in [-0.15, -0.1) is 0 Å². The van der Waals surface area contributed by atoms with E-state index in [0.717, 1.165) is 0 Å². The minimum atomic E-state index is 0.532. The van der Waals surface area contributed by atoms with Crippen LogP contribution in [0.1, 0.15) is 58.8 Å². The summed E-state index contributed by atoms with van der Waals surface area (Å²) in [6, 6.07) is 0.